The van der Waals surface area contributed by atoms with Gasteiger partial charge in [0.25, 0.3) is 0 Å². The largest absolute Gasteiger partial charge is 0.378 e. The van der Waals surface area contributed by atoms with E-state index in [1.54, 1.807) is 4.90 Å². The quantitative estimate of drug-likeness (QED) is 0.490. The number of benzene rings is 2. The van der Waals surface area contributed by atoms with Crippen LogP contribution >= 0.6 is 11.8 Å². The Labute approximate surface area is 193 Å². The molecule has 32 heavy (non-hydrogen) atoms. The Morgan fingerprint density at radius 3 is 2.47 bits per heavy atom. The lowest BCUT2D eigenvalue weighted by molar-refractivity contribution is -0.127. The molecular formula is C24H29N5O2S. The van der Waals surface area contributed by atoms with Gasteiger partial charge in [-0.2, -0.15) is 0 Å². The highest BCUT2D eigenvalue weighted by molar-refractivity contribution is 7.99. The minimum Gasteiger partial charge on any atom is -0.378 e. The molecule has 2 heterocycles. The van der Waals surface area contributed by atoms with Crippen LogP contribution in [-0.2, 0) is 22.6 Å². The molecular weight excluding hydrogens is 422 g/mol. The van der Waals surface area contributed by atoms with E-state index in [9.17, 15) is 4.79 Å². The number of thioether (sulfide) groups is 1. The fourth-order valence-electron chi connectivity index (χ4n) is 3.65. The van der Waals surface area contributed by atoms with Crippen LogP contribution in [0, 0.1) is 6.92 Å². The summed E-state index contributed by atoms with van der Waals surface area (Å²) in [5.41, 5.74) is 3.50. The second-order valence-electron chi connectivity index (χ2n) is 7.91. The highest BCUT2D eigenvalue weighted by atomic mass is 32.2. The van der Waals surface area contributed by atoms with Crippen LogP contribution in [0.5, 0.6) is 0 Å². The molecule has 1 amide bonds. The summed E-state index contributed by atoms with van der Waals surface area (Å²) in [4.78, 5) is 16.8. The highest BCUT2D eigenvalue weighted by Crippen LogP contribution is 2.20. The number of rotatable bonds is 8. The Morgan fingerprint density at radius 1 is 1.03 bits per heavy atom. The van der Waals surface area contributed by atoms with Crippen molar-refractivity contribution in [2.24, 2.45) is 0 Å². The molecule has 1 fully saturated rings. The highest BCUT2D eigenvalue weighted by Gasteiger charge is 2.16. The molecule has 1 aliphatic heterocycles. The van der Waals surface area contributed by atoms with Crippen molar-refractivity contribution in [3.63, 3.8) is 0 Å². The molecule has 3 aromatic rings. The smallest absolute Gasteiger partial charge is 0.233 e. The number of hydrogen-bond donors (Lipinski definition) is 0. The molecule has 168 valence electrons. The van der Waals surface area contributed by atoms with Gasteiger partial charge in [-0.3, -0.25) is 4.79 Å². The van der Waals surface area contributed by atoms with Crippen molar-refractivity contribution >= 4 is 23.4 Å². The lowest BCUT2D eigenvalue weighted by Gasteiger charge is -2.29. The first kappa shape index (κ1) is 22.4. The lowest BCUT2D eigenvalue weighted by Crippen LogP contribution is -2.36. The third-order valence-corrected chi connectivity index (χ3v) is 6.52. The molecule has 1 saturated heterocycles. The van der Waals surface area contributed by atoms with Gasteiger partial charge >= 0.3 is 0 Å². The van der Waals surface area contributed by atoms with Crippen molar-refractivity contribution in [1.82, 2.24) is 19.7 Å². The normalized spacial score (nSPS) is 13.9. The topological polar surface area (TPSA) is 63.5 Å². The molecule has 0 aliphatic carbocycles. The number of nitrogens with zero attached hydrogens (tertiary/aromatic N) is 5. The van der Waals surface area contributed by atoms with Crippen LogP contribution in [0.4, 0.5) is 5.69 Å². The average Bonchev–Trinajstić information content (AvgIpc) is 3.18. The first-order chi connectivity index (χ1) is 15.6. The average molecular weight is 452 g/mol. The Morgan fingerprint density at radius 2 is 1.75 bits per heavy atom. The second kappa shape index (κ2) is 10.7. The summed E-state index contributed by atoms with van der Waals surface area (Å²) < 4.78 is 7.47. The van der Waals surface area contributed by atoms with Crippen molar-refractivity contribution in [1.29, 1.82) is 0 Å². The van der Waals surface area contributed by atoms with Crippen LogP contribution in [0.2, 0.25) is 0 Å². The third kappa shape index (κ3) is 5.69. The van der Waals surface area contributed by atoms with E-state index < -0.39 is 0 Å². The number of carbonyl (C=O) groups is 1. The van der Waals surface area contributed by atoms with Crippen molar-refractivity contribution in [2.45, 2.75) is 25.2 Å². The fraction of sp³-hybridized carbons (Fsp3) is 0.375. The van der Waals surface area contributed by atoms with Crippen LogP contribution in [0.3, 0.4) is 0 Å². The predicted octanol–water partition coefficient (Wildman–Crippen LogP) is 3.22. The zero-order valence-corrected chi connectivity index (χ0v) is 19.4. The first-order valence-corrected chi connectivity index (χ1v) is 11.8. The zero-order valence-electron chi connectivity index (χ0n) is 18.6. The maximum absolute atomic E-state index is 12.7. The van der Waals surface area contributed by atoms with Crippen LogP contribution in [0.25, 0.3) is 0 Å². The van der Waals surface area contributed by atoms with E-state index in [4.69, 9.17) is 4.74 Å². The number of ether oxygens (including phenoxy) is 1. The second-order valence-corrected chi connectivity index (χ2v) is 8.85. The summed E-state index contributed by atoms with van der Waals surface area (Å²) in [5, 5.41) is 9.24. The molecule has 1 aliphatic rings. The standard InChI is InChI=1S/C24H29N5O2S/c1-19-25-26-24(29(19)17-20-6-4-3-5-7-20)32-18-23(30)27(2)16-21-8-10-22(11-9-21)28-12-14-31-15-13-28/h3-11H,12-18H2,1-2H3. The number of hydrogen-bond acceptors (Lipinski definition) is 6. The number of carbonyl (C=O) groups excluding carboxylic acids is 1. The van der Waals surface area contributed by atoms with Crippen LogP contribution in [0.1, 0.15) is 17.0 Å². The van der Waals surface area contributed by atoms with E-state index in [1.807, 2.05) is 32.2 Å². The van der Waals surface area contributed by atoms with Gasteiger partial charge in [-0.15, -0.1) is 10.2 Å². The van der Waals surface area contributed by atoms with Crippen molar-refractivity contribution in [3.8, 4) is 0 Å². The van der Waals surface area contributed by atoms with Gasteiger partial charge in [0.1, 0.15) is 5.82 Å². The summed E-state index contributed by atoms with van der Waals surface area (Å²) in [5.74, 6) is 1.24. The fourth-order valence-corrected chi connectivity index (χ4v) is 4.57. The van der Waals surface area contributed by atoms with Gasteiger partial charge in [0.2, 0.25) is 5.91 Å². The Bertz CT molecular complexity index is 1020. The molecule has 7 nitrogen and oxygen atoms in total. The summed E-state index contributed by atoms with van der Waals surface area (Å²) in [6.45, 7) is 6.60. The molecule has 2 aromatic carbocycles. The van der Waals surface area contributed by atoms with Crippen molar-refractivity contribution in [3.05, 3.63) is 71.5 Å². The van der Waals surface area contributed by atoms with Crippen molar-refractivity contribution in [2.75, 3.05) is 44.0 Å². The van der Waals surface area contributed by atoms with E-state index in [1.165, 1.54) is 23.0 Å². The van der Waals surface area contributed by atoms with Gasteiger partial charge < -0.3 is 19.1 Å². The summed E-state index contributed by atoms with van der Waals surface area (Å²) in [7, 11) is 1.85. The molecule has 0 saturated carbocycles. The van der Waals surface area contributed by atoms with Crippen molar-refractivity contribution < 1.29 is 9.53 Å². The van der Waals surface area contributed by atoms with E-state index >= 15 is 0 Å². The summed E-state index contributed by atoms with van der Waals surface area (Å²) in [6, 6.07) is 18.7. The number of aromatic nitrogens is 3. The molecule has 0 spiro atoms. The van der Waals surface area contributed by atoms with Gasteiger partial charge in [0.15, 0.2) is 5.16 Å². The minimum atomic E-state index is 0.0687. The van der Waals surface area contributed by atoms with Crippen LogP contribution in [-0.4, -0.2) is 64.7 Å². The summed E-state index contributed by atoms with van der Waals surface area (Å²) in [6.07, 6.45) is 0. The Balaban J connectivity index is 1.31. The number of aryl methyl sites for hydroxylation is 1. The molecule has 1 aromatic heterocycles. The van der Waals surface area contributed by atoms with E-state index in [0.717, 1.165) is 42.8 Å². The monoisotopic (exact) mass is 451 g/mol. The molecule has 0 unspecified atom stereocenters. The maximum atomic E-state index is 12.7. The molecule has 0 N–H and O–H groups in total. The SMILES string of the molecule is Cc1nnc(SCC(=O)N(C)Cc2ccc(N3CCOCC3)cc2)n1Cc1ccccc1. The zero-order chi connectivity index (χ0) is 22.3. The Kier molecular flexibility index (Phi) is 7.44. The molecule has 8 heteroatoms. The van der Waals surface area contributed by atoms with Gasteiger partial charge in [-0.05, 0) is 30.2 Å². The number of amides is 1. The van der Waals surface area contributed by atoms with E-state index in [-0.39, 0.29) is 5.91 Å². The third-order valence-electron chi connectivity index (χ3n) is 5.57. The summed E-state index contributed by atoms with van der Waals surface area (Å²) >= 11 is 1.43. The van der Waals surface area contributed by atoms with Gasteiger partial charge in [0, 0.05) is 32.4 Å². The van der Waals surface area contributed by atoms with Gasteiger partial charge in [-0.25, -0.2) is 0 Å². The molecule has 0 atom stereocenters. The number of morpholine rings is 1. The van der Waals surface area contributed by atoms with Crippen LogP contribution in [0.15, 0.2) is 59.8 Å². The predicted molar refractivity (Wildman–Crippen MR) is 127 cm³/mol. The van der Waals surface area contributed by atoms with Gasteiger partial charge in [0.05, 0.1) is 25.5 Å². The van der Waals surface area contributed by atoms with Crippen LogP contribution < -0.4 is 4.90 Å². The van der Waals surface area contributed by atoms with Gasteiger partial charge in [-0.1, -0.05) is 54.2 Å². The minimum absolute atomic E-state index is 0.0687. The first-order valence-electron chi connectivity index (χ1n) is 10.8. The molecule has 0 bridgehead atoms. The number of anilines is 1. The van der Waals surface area contributed by atoms with E-state index in [2.05, 4.69) is 56.1 Å². The lowest BCUT2D eigenvalue weighted by atomic mass is 10.2. The maximum Gasteiger partial charge on any atom is 0.233 e. The molecule has 0 radical (unpaired) electrons. The van der Waals surface area contributed by atoms with E-state index in [0.29, 0.717) is 18.8 Å². The Hall–Kier alpha value is -2.84. The molecule has 4 rings (SSSR count).